The van der Waals surface area contributed by atoms with Gasteiger partial charge >= 0.3 is 0 Å². The molecule has 2 heterocycles. The van der Waals surface area contributed by atoms with Gasteiger partial charge < -0.3 is 5.32 Å². The van der Waals surface area contributed by atoms with E-state index in [-0.39, 0.29) is 18.0 Å². The van der Waals surface area contributed by atoms with E-state index >= 15 is 0 Å². The van der Waals surface area contributed by atoms with Gasteiger partial charge in [-0.15, -0.1) is 0 Å². The Bertz CT molecular complexity index is 1110. The first-order valence-electron chi connectivity index (χ1n) is 7.39. The van der Waals surface area contributed by atoms with E-state index in [4.69, 9.17) is 0 Å². The van der Waals surface area contributed by atoms with Crippen molar-refractivity contribution in [1.29, 1.82) is 0 Å². The summed E-state index contributed by atoms with van der Waals surface area (Å²) in [6.07, 6.45) is 3.26. The molecular weight excluding hydrogens is 306 g/mol. The molecule has 0 aliphatic rings. The molecule has 0 saturated carbocycles. The van der Waals surface area contributed by atoms with Crippen LogP contribution in [0, 0.1) is 0 Å². The molecule has 0 spiro atoms. The van der Waals surface area contributed by atoms with E-state index in [1.54, 1.807) is 30.6 Å². The third-order valence-electron chi connectivity index (χ3n) is 3.81. The van der Waals surface area contributed by atoms with Crippen LogP contribution < -0.4 is 10.9 Å². The van der Waals surface area contributed by atoms with Crippen LogP contribution in [0.4, 0.5) is 5.69 Å². The van der Waals surface area contributed by atoms with Crippen LogP contribution in [0.25, 0.3) is 21.7 Å². The zero-order valence-corrected chi connectivity index (χ0v) is 12.6. The van der Waals surface area contributed by atoms with E-state index in [0.29, 0.717) is 11.1 Å². The summed E-state index contributed by atoms with van der Waals surface area (Å²) in [6, 6.07) is 12.7. The van der Waals surface area contributed by atoms with Crippen molar-refractivity contribution < 1.29 is 4.79 Å². The molecule has 0 aliphatic carbocycles. The third kappa shape index (κ3) is 2.41. The summed E-state index contributed by atoms with van der Waals surface area (Å²) in [6.45, 7) is -0.159. The fourth-order valence-electron chi connectivity index (χ4n) is 2.64. The number of H-pyrrole nitrogens is 1. The van der Waals surface area contributed by atoms with Gasteiger partial charge in [0.2, 0.25) is 5.91 Å². The van der Waals surface area contributed by atoms with Crippen LogP contribution in [0.1, 0.15) is 0 Å². The van der Waals surface area contributed by atoms with E-state index in [1.165, 1.54) is 0 Å². The van der Waals surface area contributed by atoms with Crippen LogP contribution in [-0.2, 0) is 11.3 Å². The molecule has 0 aliphatic heterocycles. The number of anilines is 1. The maximum atomic E-state index is 12.4. The van der Waals surface area contributed by atoms with Gasteiger partial charge in [-0.2, -0.15) is 10.2 Å². The minimum Gasteiger partial charge on any atom is -0.323 e. The largest absolute Gasteiger partial charge is 0.323 e. The minimum absolute atomic E-state index is 0.159. The van der Waals surface area contributed by atoms with Crippen molar-refractivity contribution in [2.45, 2.75) is 6.54 Å². The van der Waals surface area contributed by atoms with Gasteiger partial charge in [-0.1, -0.05) is 30.3 Å². The second kappa shape index (κ2) is 5.62. The molecular formula is C17H13N5O2. The maximum Gasteiger partial charge on any atom is 0.275 e. The molecule has 7 heteroatoms. The molecule has 2 N–H and O–H groups in total. The smallest absolute Gasteiger partial charge is 0.275 e. The topological polar surface area (TPSA) is 92.7 Å². The van der Waals surface area contributed by atoms with E-state index in [0.717, 1.165) is 21.0 Å². The molecule has 118 valence electrons. The van der Waals surface area contributed by atoms with Gasteiger partial charge in [-0.25, -0.2) is 4.68 Å². The van der Waals surface area contributed by atoms with Gasteiger partial charge in [0.25, 0.3) is 5.56 Å². The van der Waals surface area contributed by atoms with Crippen LogP contribution in [0.2, 0.25) is 0 Å². The number of rotatable bonds is 3. The number of nitrogens with zero attached hydrogens (tertiary/aromatic N) is 3. The van der Waals surface area contributed by atoms with Gasteiger partial charge in [-0.3, -0.25) is 14.7 Å². The number of hydrogen-bond donors (Lipinski definition) is 2. The third-order valence-corrected chi connectivity index (χ3v) is 3.81. The Balaban J connectivity index is 1.62. The fraction of sp³-hybridized carbons (Fsp3) is 0.0588. The van der Waals surface area contributed by atoms with E-state index in [1.807, 2.05) is 24.3 Å². The van der Waals surface area contributed by atoms with Crippen LogP contribution in [-0.4, -0.2) is 25.9 Å². The molecule has 2 aromatic carbocycles. The summed E-state index contributed by atoms with van der Waals surface area (Å²) in [5.41, 5.74) is 1.07. The van der Waals surface area contributed by atoms with Crippen molar-refractivity contribution >= 4 is 33.3 Å². The van der Waals surface area contributed by atoms with E-state index in [2.05, 4.69) is 20.6 Å². The first kappa shape index (κ1) is 14.1. The molecule has 0 unspecified atom stereocenters. The summed E-state index contributed by atoms with van der Waals surface area (Å²) in [7, 11) is 0. The molecule has 0 saturated heterocycles. The van der Waals surface area contributed by atoms with Gasteiger partial charge in [-0.05, 0) is 12.1 Å². The molecule has 2 aromatic heterocycles. The van der Waals surface area contributed by atoms with Gasteiger partial charge in [0, 0.05) is 10.8 Å². The number of carbonyl (C=O) groups excluding carboxylic acids is 1. The molecule has 24 heavy (non-hydrogen) atoms. The number of carbonyl (C=O) groups is 1. The minimum atomic E-state index is -0.331. The number of aromatic amines is 1. The predicted molar refractivity (Wildman–Crippen MR) is 90.7 cm³/mol. The highest BCUT2D eigenvalue weighted by Gasteiger charge is 2.10. The number of amides is 1. The Labute approximate surface area is 135 Å². The number of fused-ring (bicyclic) bond motifs is 2. The Morgan fingerprint density at radius 1 is 1.08 bits per heavy atom. The zero-order valence-electron chi connectivity index (χ0n) is 12.6. The first-order chi connectivity index (χ1) is 11.7. The van der Waals surface area contributed by atoms with Crippen LogP contribution in [0.15, 0.2) is 59.7 Å². The number of hydrogen-bond acceptors (Lipinski definition) is 4. The lowest BCUT2D eigenvalue weighted by Gasteiger charge is -2.08. The number of aromatic nitrogens is 4. The second-order valence-corrected chi connectivity index (χ2v) is 5.38. The molecule has 1 amide bonds. The second-order valence-electron chi connectivity index (χ2n) is 5.38. The summed E-state index contributed by atoms with van der Waals surface area (Å²) in [5.74, 6) is -0.331. The van der Waals surface area contributed by atoms with Crippen molar-refractivity contribution in [3.05, 3.63) is 65.2 Å². The lowest BCUT2D eigenvalue weighted by atomic mass is 10.2. The Morgan fingerprint density at radius 3 is 2.83 bits per heavy atom. The van der Waals surface area contributed by atoms with Gasteiger partial charge in [0.1, 0.15) is 6.54 Å². The molecule has 0 bridgehead atoms. The average Bonchev–Trinajstić information content (AvgIpc) is 3.07. The van der Waals surface area contributed by atoms with Crippen molar-refractivity contribution in [2.24, 2.45) is 0 Å². The van der Waals surface area contributed by atoms with Crippen LogP contribution >= 0.6 is 0 Å². The summed E-state index contributed by atoms with van der Waals surface area (Å²) in [4.78, 5) is 24.7. The monoisotopic (exact) mass is 319 g/mol. The predicted octanol–water partition coefficient (Wildman–Crippen LogP) is 1.91. The number of nitrogens with one attached hydrogen (secondary N) is 2. The van der Waals surface area contributed by atoms with E-state index < -0.39 is 0 Å². The SMILES string of the molecule is O=C(Cn1ncc2ccccc2c1=O)Nc1cccc2cn[nH]c12. The fourth-order valence-corrected chi connectivity index (χ4v) is 2.64. The first-order valence-corrected chi connectivity index (χ1v) is 7.39. The summed E-state index contributed by atoms with van der Waals surface area (Å²) in [5, 5.41) is 15.8. The normalized spacial score (nSPS) is 11.0. The van der Waals surface area contributed by atoms with Crippen molar-refractivity contribution in [3.8, 4) is 0 Å². The Hall–Kier alpha value is -3.48. The van der Waals surface area contributed by atoms with E-state index in [9.17, 15) is 9.59 Å². The zero-order chi connectivity index (χ0) is 16.5. The highest BCUT2D eigenvalue weighted by atomic mass is 16.2. The molecule has 0 radical (unpaired) electrons. The number of para-hydroxylation sites is 1. The van der Waals surface area contributed by atoms with Crippen molar-refractivity contribution in [3.63, 3.8) is 0 Å². The number of benzene rings is 2. The average molecular weight is 319 g/mol. The molecule has 4 rings (SSSR count). The Morgan fingerprint density at radius 2 is 1.92 bits per heavy atom. The molecule has 0 fully saturated rings. The highest BCUT2D eigenvalue weighted by Crippen LogP contribution is 2.20. The summed E-state index contributed by atoms with van der Waals surface area (Å²) < 4.78 is 1.16. The molecule has 7 nitrogen and oxygen atoms in total. The quantitative estimate of drug-likeness (QED) is 0.603. The van der Waals surface area contributed by atoms with Crippen molar-refractivity contribution in [2.75, 3.05) is 5.32 Å². The highest BCUT2D eigenvalue weighted by molar-refractivity contribution is 6.00. The van der Waals surface area contributed by atoms with Crippen LogP contribution in [0.5, 0.6) is 0 Å². The molecule has 0 atom stereocenters. The van der Waals surface area contributed by atoms with Crippen LogP contribution in [0.3, 0.4) is 0 Å². The van der Waals surface area contributed by atoms with Gasteiger partial charge in [0.05, 0.1) is 29.0 Å². The van der Waals surface area contributed by atoms with Crippen molar-refractivity contribution in [1.82, 2.24) is 20.0 Å². The lowest BCUT2D eigenvalue weighted by molar-refractivity contribution is -0.117. The maximum absolute atomic E-state index is 12.4. The standard InChI is InChI=1S/C17H13N5O2/c23-15(20-14-7-3-5-12-8-18-21-16(12)14)10-22-17(24)13-6-2-1-4-11(13)9-19-22/h1-9H,10H2,(H,18,21)(H,20,23). The van der Waals surface area contributed by atoms with Gasteiger partial charge in [0.15, 0.2) is 0 Å². The summed E-state index contributed by atoms with van der Waals surface area (Å²) >= 11 is 0. The lowest BCUT2D eigenvalue weighted by Crippen LogP contribution is -2.29. The molecule has 4 aromatic rings. The Kier molecular flexibility index (Phi) is 3.31.